The number of nitrogens with zero attached hydrogens (tertiary/aromatic N) is 2. The number of hydrogen-bond acceptors (Lipinski definition) is 9. The second-order valence-corrected chi connectivity index (χ2v) is 16.8. The molecule has 1 aromatic heterocycles. The minimum atomic E-state index is -3.88. The van der Waals surface area contributed by atoms with Gasteiger partial charge in [0.1, 0.15) is 23.7 Å². The second-order valence-electron chi connectivity index (χ2n) is 14.8. The molecule has 278 valence electrons. The van der Waals surface area contributed by atoms with E-state index in [-0.39, 0.29) is 31.9 Å². The first kappa shape index (κ1) is 35.9. The van der Waals surface area contributed by atoms with Crippen molar-refractivity contribution in [1.82, 2.24) is 25.2 Å². The van der Waals surface area contributed by atoms with Crippen LogP contribution in [0.25, 0.3) is 17.0 Å². The van der Waals surface area contributed by atoms with Gasteiger partial charge in [-0.25, -0.2) is 18.2 Å². The van der Waals surface area contributed by atoms with E-state index < -0.39 is 68.7 Å². The van der Waals surface area contributed by atoms with E-state index in [4.69, 9.17) is 14.5 Å². The molecule has 3 N–H and O–H groups in total. The first-order valence-corrected chi connectivity index (χ1v) is 20.1. The highest BCUT2D eigenvalue weighted by atomic mass is 32.2. The molecular weight excluding hydrogens is 687 g/mol. The highest BCUT2D eigenvalue weighted by molar-refractivity contribution is 7.91. The van der Waals surface area contributed by atoms with Crippen LogP contribution in [-0.4, -0.2) is 84.2 Å². The predicted molar refractivity (Wildman–Crippen MR) is 193 cm³/mol. The van der Waals surface area contributed by atoms with Gasteiger partial charge in [-0.1, -0.05) is 55.7 Å². The van der Waals surface area contributed by atoms with Crippen molar-refractivity contribution in [3.8, 4) is 5.88 Å². The summed E-state index contributed by atoms with van der Waals surface area (Å²) in [6.07, 6.45) is 11.8. The van der Waals surface area contributed by atoms with Crippen LogP contribution in [0.3, 0.4) is 0 Å². The van der Waals surface area contributed by atoms with Crippen molar-refractivity contribution in [2.24, 2.45) is 11.8 Å². The van der Waals surface area contributed by atoms with Crippen molar-refractivity contribution in [2.75, 3.05) is 13.2 Å². The van der Waals surface area contributed by atoms with E-state index in [1.54, 1.807) is 0 Å². The molecule has 0 unspecified atom stereocenters. The minimum absolute atomic E-state index is 0.0225. The number of alkyl carbamates (subject to hydrolysis) is 1. The third-order valence-corrected chi connectivity index (χ3v) is 12.9. The number of aromatic nitrogens is 1. The van der Waals surface area contributed by atoms with Gasteiger partial charge in [0.2, 0.25) is 27.7 Å². The number of carbonyl (C=O) groups is 4. The molecule has 7 rings (SSSR count). The maximum atomic E-state index is 14.7. The van der Waals surface area contributed by atoms with Crippen LogP contribution in [-0.2, 0) is 29.1 Å². The summed E-state index contributed by atoms with van der Waals surface area (Å²) in [6.45, 7) is 4.01. The quantitative estimate of drug-likeness (QED) is 0.354. The molecular formula is C38H47N5O8S. The standard InChI is InChI=1S/C38H47N5O8S/c1-2-27-22-38(27,36(46)42-52(48,49)29-17-18-29)41-33(44)31-21-28-23-43(31)35(45)32(24-12-7-5-8-13-24)40-37(47)50-19-11-4-3-6-15-26-20-25-14-9-10-16-30(25)39-34(26)51-28/h2,6,9-10,14-16,20,24,27-29,31-32H,1,3-5,7-8,11-13,17-19,21-23H2,(H,40,47)(H,41,44)(H,42,46)/b15-6-/t27-,28-,31+,32+,38-/m1/s1. The topological polar surface area (TPSA) is 173 Å². The molecule has 13 nitrogen and oxygen atoms in total. The minimum Gasteiger partial charge on any atom is -0.472 e. The van der Waals surface area contributed by atoms with Crippen LogP contribution < -0.4 is 20.1 Å². The van der Waals surface area contributed by atoms with Crippen molar-refractivity contribution < 1.29 is 37.1 Å². The van der Waals surface area contributed by atoms with Gasteiger partial charge in [0.05, 0.1) is 23.9 Å². The zero-order chi connectivity index (χ0) is 36.5. The summed E-state index contributed by atoms with van der Waals surface area (Å²) in [6, 6.07) is 7.67. The van der Waals surface area contributed by atoms with Crippen LogP contribution in [0.5, 0.6) is 5.88 Å². The van der Waals surface area contributed by atoms with Gasteiger partial charge in [0, 0.05) is 23.3 Å². The molecule has 52 heavy (non-hydrogen) atoms. The molecule has 3 aliphatic carbocycles. The normalized spacial score (nSPS) is 29.4. The molecule has 2 bridgehead atoms. The number of amides is 4. The number of pyridine rings is 1. The fraction of sp³-hybridized carbons (Fsp3) is 0.553. The molecule has 0 spiro atoms. The van der Waals surface area contributed by atoms with Gasteiger partial charge in [0.25, 0.3) is 5.91 Å². The van der Waals surface area contributed by atoms with Gasteiger partial charge in [0.15, 0.2) is 0 Å². The van der Waals surface area contributed by atoms with E-state index in [1.807, 2.05) is 42.5 Å². The molecule has 3 heterocycles. The van der Waals surface area contributed by atoms with Crippen molar-refractivity contribution >= 4 is 50.8 Å². The predicted octanol–water partition coefficient (Wildman–Crippen LogP) is 4.12. The number of nitrogens with one attached hydrogen (secondary N) is 3. The zero-order valence-corrected chi connectivity index (χ0v) is 30.1. The first-order chi connectivity index (χ1) is 25.1. The number of rotatable bonds is 7. The lowest BCUT2D eigenvalue weighted by Crippen LogP contribution is -2.59. The fourth-order valence-corrected chi connectivity index (χ4v) is 9.18. The Hall–Kier alpha value is -4.46. The summed E-state index contributed by atoms with van der Waals surface area (Å²) < 4.78 is 39.7. The Morgan fingerprint density at radius 2 is 1.85 bits per heavy atom. The van der Waals surface area contributed by atoms with Crippen LogP contribution in [0.4, 0.5) is 4.79 Å². The summed E-state index contributed by atoms with van der Waals surface area (Å²) in [5.41, 5.74) is -0.0391. The number of ether oxygens (including phenoxy) is 2. The lowest BCUT2D eigenvalue weighted by molar-refractivity contribution is -0.142. The molecule has 1 saturated heterocycles. The molecule has 3 saturated carbocycles. The number of cyclic esters (lactones) is 1. The van der Waals surface area contributed by atoms with Gasteiger partial charge >= 0.3 is 6.09 Å². The van der Waals surface area contributed by atoms with Gasteiger partial charge in [-0.2, -0.15) is 0 Å². The average Bonchev–Trinajstić information content (AvgIpc) is 4.07. The van der Waals surface area contributed by atoms with Crippen LogP contribution in [0.2, 0.25) is 0 Å². The van der Waals surface area contributed by atoms with E-state index in [0.717, 1.165) is 61.4 Å². The number of fused-ring (bicyclic) bond motifs is 4. The summed E-state index contributed by atoms with van der Waals surface area (Å²) >= 11 is 0. The number of carbonyl (C=O) groups excluding carboxylic acids is 4. The first-order valence-electron chi connectivity index (χ1n) is 18.6. The molecule has 14 heteroatoms. The molecule has 4 fully saturated rings. The lowest BCUT2D eigenvalue weighted by Gasteiger charge is -2.34. The monoisotopic (exact) mass is 733 g/mol. The van der Waals surface area contributed by atoms with E-state index in [9.17, 15) is 27.6 Å². The Labute approximate surface area is 304 Å². The number of sulfonamides is 1. The van der Waals surface area contributed by atoms with Gasteiger partial charge < -0.3 is 25.0 Å². The Morgan fingerprint density at radius 3 is 2.60 bits per heavy atom. The number of para-hydroxylation sites is 1. The van der Waals surface area contributed by atoms with Gasteiger partial charge in [-0.15, -0.1) is 6.58 Å². The maximum Gasteiger partial charge on any atom is 0.407 e. The third kappa shape index (κ3) is 7.67. The molecule has 2 aliphatic heterocycles. The Bertz CT molecular complexity index is 1870. The Balaban J connectivity index is 1.21. The van der Waals surface area contributed by atoms with E-state index in [2.05, 4.69) is 21.9 Å². The largest absolute Gasteiger partial charge is 0.472 e. The van der Waals surface area contributed by atoms with Crippen molar-refractivity contribution in [2.45, 2.75) is 106 Å². The zero-order valence-electron chi connectivity index (χ0n) is 29.3. The number of allylic oxidation sites excluding steroid dienone is 1. The molecule has 0 radical (unpaired) electrons. The smallest absolute Gasteiger partial charge is 0.407 e. The van der Waals surface area contributed by atoms with E-state index in [1.165, 1.54) is 11.0 Å². The highest BCUT2D eigenvalue weighted by Crippen LogP contribution is 2.45. The summed E-state index contributed by atoms with van der Waals surface area (Å²) in [5.74, 6) is -2.15. The van der Waals surface area contributed by atoms with Crippen molar-refractivity contribution in [3.05, 3.63) is 54.6 Å². The average molecular weight is 734 g/mol. The molecule has 2 aromatic rings. The molecule has 4 amide bonds. The Morgan fingerprint density at radius 1 is 1.06 bits per heavy atom. The summed E-state index contributed by atoms with van der Waals surface area (Å²) in [7, 11) is -3.88. The van der Waals surface area contributed by atoms with E-state index in [0.29, 0.717) is 25.1 Å². The van der Waals surface area contributed by atoms with Crippen LogP contribution in [0, 0.1) is 11.8 Å². The van der Waals surface area contributed by atoms with Crippen LogP contribution in [0.1, 0.15) is 82.6 Å². The summed E-state index contributed by atoms with van der Waals surface area (Å²) in [4.78, 5) is 61.9. The fourth-order valence-electron chi connectivity index (χ4n) is 7.82. The lowest BCUT2D eigenvalue weighted by atomic mass is 9.83. The van der Waals surface area contributed by atoms with Crippen molar-refractivity contribution in [1.29, 1.82) is 0 Å². The Kier molecular flexibility index (Phi) is 10.3. The van der Waals surface area contributed by atoms with Gasteiger partial charge in [-0.05, 0) is 69.4 Å². The molecule has 1 aromatic carbocycles. The number of benzene rings is 1. The maximum absolute atomic E-state index is 14.7. The van der Waals surface area contributed by atoms with Crippen molar-refractivity contribution in [3.63, 3.8) is 0 Å². The van der Waals surface area contributed by atoms with E-state index >= 15 is 0 Å². The highest BCUT2D eigenvalue weighted by Gasteiger charge is 2.62. The van der Waals surface area contributed by atoms with Crippen LogP contribution in [0.15, 0.2) is 49.1 Å². The summed E-state index contributed by atoms with van der Waals surface area (Å²) in [5, 5.41) is 6.00. The number of hydrogen-bond donors (Lipinski definition) is 3. The van der Waals surface area contributed by atoms with Gasteiger partial charge in [-0.3, -0.25) is 19.1 Å². The third-order valence-electron chi connectivity index (χ3n) is 11.0. The second kappa shape index (κ2) is 14.9. The molecule has 5 atom stereocenters. The van der Waals surface area contributed by atoms with Crippen LogP contribution >= 0.6 is 0 Å². The molecule has 5 aliphatic rings. The SMILES string of the molecule is C=C[C@@H]1C[C@]1(NC(=O)[C@@H]1C[C@@H]2CN1C(=O)[C@H](C1CCCCC1)NC(=O)OCCCC/C=C\c1cc3ccccc3nc1O2)C(=O)NS(=O)(=O)C1CC1.